The van der Waals surface area contributed by atoms with E-state index in [4.69, 9.17) is 0 Å². The molecule has 7 nitrogen and oxygen atoms in total. The number of hydrogen-bond donors (Lipinski definition) is 0. The topological polar surface area (TPSA) is 136 Å². The van der Waals surface area contributed by atoms with E-state index < -0.39 is 15.6 Å². The summed E-state index contributed by atoms with van der Waals surface area (Å²) in [6, 6.07) is 0. The second-order valence-electron chi connectivity index (χ2n) is 0.976. The van der Waals surface area contributed by atoms with Gasteiger partial charge < -0.3 is 33.0 Å². The summed E-state index contributed by atoms with van der Waals surface area (Å²) in [5.41, 5.74) is 0. The Morgan fingerprint density at radius 2 is 0.857 bits per heavy atom. The van der Waals surface area contributed by atoms with Crippen LogP contribution < -0.4 is 138 Å². The molecule has 0 aromatic carbocycles. The van der Waals surface area contributed by atoms with Gasteiger partial charge in [-0.1, -0.05) is 0 Å². The molecule has 0 saturated heterocycles. The van der Waals surface area contributed by atoms with E-state index in [2.05, 4.69) is 4.31 Å². The Balaban J connectivity index is -0.0000000320. The fraction of sp³-hybridized carbons (Fsp3) is 0. The van der Waals surface area contributed by atoms with Crippen molar-refractivity contribution in [2.24, 2.45) is 0 Å². The fourth-order valence-corrected chi connectivity index (χ4v) is 1.10. The van der Waals surface area contributed by atoms with Crippen LogP contribution in [0.4, 0.5) is 0 Å². The van der Waals surface area contributed by atoms with E-state index in [1.807, 2.05) is 0 Å². The van der Waals surface area contributed by atoms with Crippen molar-refractivity contribution in [3.05, 3.63) is 0 Å². The van der Waals surface area contributed by atoms with Crippen molar-refractivity contribution in [2.45, 2.75) is 0 Å². The van der Waals surface area contributed by atoms with Gasteiger partial charge in [-0.25, -0.2) is 0 Å². The Bertz CT molecular complexity index is 161. The van der Waals surface area contributed by atoms with E-state index in [1.54, 1.807) is 0 Å². The van der Waals surface area contributed by atoms with E-state index in [-0.39, 0.29) is 148 Å². The molecule has 14 heavy (non-hydrogen) atoms. The second kappa shape index (κ2) is 16.3. The van der Waals surface area contributed by atoms with Gasteiger partial charge in [0.05, 0.1) is 15.6 Å². The van der Waals surface area contributed by atoms with Crippen molar-refractivity contribution in [3.63, 3.8) is 0 Å². The monoisotopic (exact) mass is 290 g/mol. The van der Waals surface area contributed by atoms with Crippen LogP contribution in [0.15, 0.2) is 0 Å². The van der Waals surface area contributed by atoms with E-state index >= 15 is 0 Å². The molecule has 0 saturated carbocycles. The Morgan fingerprint density at radius 1 is 0.714 bits per heavy atom. The van der Waals surface area contributed by atoms with Crippen molar-refractivity contribution in [3.8, 4) is 0 Å². The molecule has 14 heteroatoms. The van der Waals surface area contributed by atoms with Crippen LogP contribution >= 0.6 is 15.6 Å². The Kier molecular flexibility index (Phi) is 42.6. The van der Waals surface area contributed by atoms with Crippen LogP contribution in [0.25, 0.3) is 0 Å². The number of rotatable bonds is 2. The van der Waals surface area contributed by atoms with Gasteiger partial charge in [0, 0.05) is 0 Å². The third-order valence-corrected chi connectivity index (χ3v) is 1.80. The molecule has 0 aliphatic carbocycles. The van der Waals surface area contributed by atoms with Crippen molar-refractivity contribution < 1.29 is 151 Å². The molecule has 0 spiro atoms. The Hall–Kier alpha value is 5.26. The summed E-state index contributed by atoms with van der Waals surface area (Å²) in [6.07, 6.45) is 0. The Labute approximate surface area is 192 Å². The molecule has 0 aromatic heterocycles. The molecule has 0 radical (unpaired) electrons. The first-order valence-electron chi connectivity index (χ1n) is 1.46. The van der Waals surface area contributed by atoms with E-state index in [9.17, 15) is 28.7 Å². The quantitative estimate of drug-likeness (QED) is 0.364. The molecule has 0 bridgehead atoms. The number of phosphoric acid groups is 2. The Morgan fingerprint density at radius 3 is 0.857 bits per heavy atom. The van der Waals surface area contributed by atoms with Crippen molar-refractivity contribution in [1.82, 2.24) is 0 Å². The average molecular weight is 290 g/mol. The van der Waals surface area contributed by atoms with E-state index in [0.29, 0.717) is 0 Å². The van der Waals surface area contributed by atoms with E-state index in [0.717, 1.165) is 0 Å². The van der Waals surface area contributed by atoms with Crippen LogP contribution in [0.5, 0.6) is 0 Å². The summed E-state index contributed by atoms with van der Waals surface area (Å²) in [6.45, 7) is 0. The van der Waals surface area contributed by atoms with Crippen molar-refractivity contribution in [2.75, 3.05) is 0 Å². The molecule has 0 rings (SSSR count). The molecular formula is HNa5O7P2. The summed E-state index contributed by atoms with van der Waals surface area (Å²) < 4.78 is 21.2. The van der Waals surface area contributed by atoms with Crippen LogP contribution in [0.1, 0.15) is 0 Å². The molecule has 0 atom stereocenters. The normalized spacial score (nSPS) is 8.86. The molecule has 0 amide bonds. The predicted molar refractivity (Wildman–Crippen MR) is 23.4 cm³/mol. The molecule has 0 fully saturated rings. The summed E-state index contributed by atoms with van der Waals surface area (Å²) in [4.78, 5) is 37.3. The number of hydrogen-bond acceptors (Lipinski definition) is 7. The second-order valence-corrected chi connectivity index (χ2v) is 3.42. The van der Waals surface area contributed by atoms with Crippen LogP contribution in [0.3, 0.4) is 0 Å². The summed E-state index contributed by atoms with van der Waals surface area (Å²) in [5, 5.41) is 0. The summed E-state index contributed by atoms with van der Waals surface area (Å²) >= 11 is 0. The fourth-order valence-electron chi connectivity index (χ4n) is 0.122. The van der Waals surface area contributed by atoms with Gasteiger partial charge in [-0.15, -0.1) is 0 Å². The van der Waals surface area contributed by atoms with E-state index in [1.165, 1.54) is 0 Å². The molecule has 0 aromatic rings. The van der Waals surface area contributed by atoms with Gasteiger partial charge in [0.1, 0.15) is 0 Å². The maximum absolute atomic E-state index is 9.32. The van der Waals surface area contributed by atoms with Crippen LogP contribution in [0.2, 0.25) is 0 Å². The zero-order valence-electron chi connectivity index (χ0n) is 7.75. The minimum absolute atomic E-state index is 0. The van der Waals surface area contributed by atoms with Gasteiger partial charge in [-0.3, -0.25) is 0 Å². The molecule has 0 N–H and O–H groups in total. The maximum atomic E-state index is 9.32. The van der Waals surface area contributed by atoms with Crippen LogP contribution in [-0.4, -0.2) is 29.6 Å². The first-order valence-corrected chi connectivity index (χ1v) is 4.38. The third kappa shape index (κ3) is 36.0. The predicted octanol–water partition coefficient (Wildman–Crippen LogP) is -16.0. The first kappa shape index (κ1) is 36.5. The minimum atomic E-state index is -5.68. The van der Waals surface area contributed by atoms with Gasteiger partial charge >= 0.3 is 148 Å². The van der Waals surface area contributed by atoms with Crippen LogP contribution in [-0.2, 0) is 13.4 Å². The summed E-state index contributed by atoms with van der Waals surface area (Å²) in [7, 11) is -11.4. The van der Waals surface area contributed by atoms with Crippen molar-refractivity contribution in [1.29, 1.82) is 0 Å². The average Bonchev–Trinajstić information content (AvgIpc) is 1.14. The van der Waals surface area contributed by atoms with Gasteiger partial charge in [0.2, 0.25) is 0 Å². The van der Waals surface area contributed by atoms with Crippen LogP contribution in [0, 0.1) is 0 Å². The van der Waals surface area contributed by atoms with Gasteiger partial charge in [0.15, 0.2) is 0 Å². The molecule has 58 valence electrons. The molecule has 0 aliphatic rings. The molecular weight excluding hydrogens is 289 g/mol. The van der Waals surface area contributed by atoms with Gasteiger partial charge in [-0.2, -0.15) is 0 Å². The first-order chi connectivity index (χ1) is 3.71. The standard InChI is InChI=1S/5Na.H4O7P2.H/c;;;;;1-8(2,3)7-9(4,5)6;/h;;;;;(H2,1,2,3)(H2,4,5,6);/q;4*+1;;/p-4. The zero-order chi connectivity index (χ0) is 7.71. The third-order valence-electron chi connectivity index (χ3n) is 0.200. The summed E-state index contributed by atoms with van der Waals surface area (Å²) in [5.74, 6) is 0. The van der Waals surface area contributed by atoms with Crippen molar-refractivity contribution >= 4 is 45.2 Å². The molecule has 0 unspecified atom stereocenters. The van der Waals surface area contributed by atoms with Gasteiger partial charge in [0.25, 0.3) is 0 Å². The zero-order valence-corrected chi connectivity index (χ0v) is 17.5. The molecule has 0 aliphatic heterocycles. The van der Waals surface area contributed by atoms with Gasteiger partial charge in [-0.05, 0) is 0 Å². The molecule has 0 heterocycles. The SMILES string of the molecule is O=P([O-])([O-])OP(=O)([O-])[O-].[Na+].[Na+].[Na+].[Na+].[NaH].